The van der Waals surface area contributed by atoms with Gasteiger partial charge in [-0.2, -0.15) is 0 Å². The minimum atomic E-state index is -0.639. The van der Waals surface area contributed by atoms with E-state index >= 15 is 0 Å². The van der Waals surface area contributed by atoms with E-state index in [1.807, 2.05) is 0 Å². The van der Waals surface area contributed by atoms with E-state index in [-0.39, 0.29) is 38.7 Å². The second kappa shape index (κ2) is 10.3. The first kappa shape index (κ1) is 20.5. The zero-order valence-corrected chi connectivity index (χ0v) is 15.4. The van der Waals surface area contributed by atoms with Gasteiger partial charge in [0.05, 0.1) is 0 Å². The molecule has 0 aliphatic carbocycles. The summed E-state index contributed by atoms with van der Waals surface area (Å²) in [6.45, 7) is 0. The number of rotatable bonds is 2. The minimum absolute atomic E-state index is 0. The van der Waals surface area contributed by atoms with Gasteiger partial charge in [-0.1, -0.05) is 23.6 Å². The zero-order chi connectivity index (χ0) is 16.5. The molecule has 0 spiro atoms. The molecule has 0 bridgehead atoms. The monoisotopic (exact) mass is 508 g/mol. The molecule has 0 atom stereocenters. The topological polar surface area (TPSA) is 139 Å². The predicted molar refractivity (Wildman–Crippen MR) is 81.0 cm³/mol. The molecule has 0 saturated carbocycles. The molecular formula is C14H8N2O6Pb. The Morgan fingerprint density at radius 1 is 0.609 bits per heavy atom. The van der Waals surface area contributed by atoms with Crippen LogP contribution in [0.5, 0.6) is 11.5 Å². The van der Waals surface area contributed by atoms with E-state index in [0.717, 1.165) is 24.3 Å². The molecule has 2 aromatic rings. The van der Waals surface area contributed by atoms with Crippen molar-refractivity contribution < 1.29 is 10.2 Å². The van der Waals surface area contributed by atoms with Gasteiger partial charge in [-0.05, 0) is 46.8 Å². The third-order valence-corrected chi connectivity index (χ3v) is 2.32. The van der Waals surface area contributed by atoms with E-state index in [9.17, 15) is 29.6 Å². The van der Waals surface area contributed by atoms with Crippen molar-refractivity contribution in [1.82, 2.24) is 0 Å². The van der Waals surface area contributed by atoms with Crippen molar-refractivity contribution in [2.45, 2.75) is 0 Å². The summed E-state index contributed by atoms with van der Waals surface area (Å²) in [6, 6.07) is 8.93. The number of hydrogen-bond acceptors (Lipinski definition) is 8. The van der Waals surface area contributed by atoms with Gasteiger partial charge in [0.15, 0.2) is 10.9 Å². The van der Waals surface area contributed by atoms with Crippen LogP contribution in [-0.2, 0) is 0 Å². The fourth-order valence-corrected chi connectivity index (χ4v) is 1.21. The molecule has 114 valence electrons. The van der Waals surface area contributed by atoms with Crippen molar-refractivity contribution >= 4 is 38.7 Å². The maximum atomic E-state index is 10.6. The molecule has 0 aliphatic heterocycles. The Balaban J connectivity index is 0.000000403. The van der Waals surface area contributed by atoms with Gasteiger partial charge in [-0.3, -0.25) is 9.59 Å². The fourth-order valence-electron chi connectivity index (χ4n) is 1.21. The van der Waals surface area contributed by atoms with Crippen LogP contribution in [0.25, 0.3) is 0 Å². The van der Waals surface area contributed by atoms with E-state index in [1.54, 1.807) is 0 Å². The molecule has 0 aromatic heterocycles. The smallest absolute Gasteiger partial charge is 0.870 e. The second-order valence-corrected chi connectivity index (χ2v) is 3.82. The number of nitrogens with zero attached hydrogens (tertiary/aromatic N) is 2. The van der Waals surface area contributed by atoms with Gasteiger partial charge in [0.2, 0.25) is 0 Å². The fraction of sp³-hybridized carbons (Fsp3) is 0. The van der Waals surface area contributed by atoms with E-state index < -0.39 is 22.4 Å². The maximum Gasteiger partial charge on any atom is 2.00 e. The first-order chi connectivity index (χ1) is 10.5. The summed E-state index contributed by atoms with van der Waals surface area (Å²) in [5.41, 5.74) is -1.13. The van der Waals surface area contributed by atoms with Crippen molar-refractivity contribution in [3.05, 3.63) is 78.8 Å². The van der Waals surface area contributed by atoms with Crippen molar-refractivity contribution in [3.8, 4) is 11.5 Å². The number of hydrogen-bond donors (Lipinski definition) is 0. The van der Waals surface area contributed by atoms with Gasteiger partial charge in [0, 0.05) is 0 Å². The summed E-state index contributed by atoms with van der Waals surface area (Å²) in [6.07, 6.45) is 0. The molecule has 0 saturated heterocycles. The Labute approximate surface area is 149 Å². The van der Waals surface area contributed by atoms with E-state index in [2.05, 4.69) is 10.4 Å². The summed E-state index contributed by atoms with van der Waals surface area (Å²) in [4.78, 5) is 41.1. The predicted octanol–water partition coefficient (Wildman–Crippen LogP) is 0.656. The van der Waals surface area contributed by atoms with Gasteiger partial charge in [-0.15, -0.1) is 9.81 Å². The van der Waals surface area contributed by atoms with Crippen molar-refractivity contribution in [1.29, 1.82) is 0 Å². The summed E-state index contributed by atoms with van der Waals surface area (Å²) >= 11 is 0. The van der Waals surface area contributed by atoms with Crippen molar-refractivity contribution in [2.24, 2.45) is 10.4 Å². The quantitative estimate of drug-likeness (QED) is 0.432. The summed E-state index contributed by atoms with van der Waals surface area (Å²) in [5.74, 6) is -1.28. The largest absolute Gasteiger partial charge is 2.00 e. The summed E-state index contributed by atoms with van der Waals surface area (Å²) < 4.78 is 0. The van der Waals surface area contributed by atoms with Crippen LogP contribution in [0.2, 0.25) is 0 Å². The molecule has 23 heavy (non-hydrogen) atoms. The molecule has 9 heteroatoms. The summed E-state index contributed by atoms with van der Waals surface area (Å²) in [7, 11) is 0. The Morgan fingerprint density at radius 3 is 1.22 bits per heavy atom. The van der Waals surface area contributed by atoms with Crippen LogP contribution in [-0.4, -0.2) is 27.3 Å². The maximum absolute atomic E-state index is 10.6. The average molecular weight is 507 g/mol. The van der Waals surface area contributed by atoms with Crippen LogP contribution in [0, 0.1) is 9.81 Å². The second-order valence-electron chi connectivity index (χ2n) is 3.82. The SMILES string of the molecule is O=Nc1ccc([O-])c(=O)cc1.O=Nc1ccc([O-])c(=O)cc1.[Pb+2]. The molecule has 0 amide bonds. The summed E-state index contributed by atoms with van der Waals surface area (Å²) in [5, 5.41) is 26.4. The average Bonchev–Trinajstić information content (AvgIpc) is 2.79. The molecule has 2 aromatic carbocycles. The Kier molecular flexibility index (Phi) is 9.15. The third kappa shape index (κ3) is 6.86. The van der Waals surface area contributed by atoms with Crippen LogP contribution >= 0.6 is 0 Å². The van der Waals surface area contributed by atoms with Crippen molar-refractivity contribution in [3.63, 3.8) is 0 Å². The molecule has 8 nitrogen and oxygen atoms in total. The van der Waals surface area contributed by atoms with E-state index in [4.69, 9.17) is 0 Å². The molecule has 0 aliphatic rings. The van der Waals surface area contributed by atoms with Gasteiger partial charge in [-0.25, -0.2) is 0 Å². The van der Waals surface area contributed by atoms with Gasteiger partial charge in [0.25, 0.3) is 0 Å². The van der Waals surface area contributed by atoms with Crippen LogP contribution in [0.1, 0.15) is 0 Å². The first-order valence-corrected chi connectivity index (χ1v) is 5.77. The Hall–Kier alpha value is -2.50. The van der Waals surface area contributed by atoms with E-state index in [0.29, 0.717) is 0 Å². The van der Waals surface area contributed by atoms with Crippen LogP contribution in [0.4, 0.5) is 11.4 Å². The molecule has 0 N–H and O–H groups in total. The van der Waals surface area contributed by atoms with Gasteiger partial charge in [0.1, 0.15) is 11.4 Å². The molecule has 0 fully saturated rings. The Morgan fingerprint density at radius 2 is 0.913 bits per heavy atom. The standard InChI is InChI=1S/2C7H5NO3.Pb/c2*9-6-3-1-5(8-11)2-4-7(6)10;/h2*1-4H,(H,9,10);/q;;+2/p-2. The molecule has 2 radical (unpaired) electrons. The molecular weight excluding hydrogens is 499 g/mol. The first-order valence-electron chi connectivity index (χ1n) is 5.77. The molecule has 2 rings (SSSR count). The third-order valence-electron chi connectivity index (χ3n) is 2.32. The van der Waals surface area contributed by atoms with Crippen molar-refractivity contribution in [2.75, 3.05) is 0 Å². The molecule has 0 heterocycles. The van der Waals surface area contributed by atoms with Gasteiger partial charge >= 0.3 is 27.3 Å². The van der Waals surface area contributed by atoms with Crippen LogP contribution in [0.3, 0.4) is 0 Å². The van der Waals surface area contributed by atoms with Crippen LogP contribution in [0.15, 0.2) is 68.5 Å². The molecule has 0 unspecified atom stereocenters. The van der Waals surface area contributed by atoms with Crippen LogP contribution < -0.4 is 21.1 Å². The normalized spacial score (nSPS) is 8.70. The number of nitroso groups, excluding NO2 is 2. The Bertz CT molecular complexity index is 744. The van der Waals surface area contributed by atoms with Gasteiger partial charge < -0.3 is 10.2 Å². The zero-order valence-electron chi connectivity index (χ0n) is 11.5. The minimum Gasteiger partial charge on any atom is -0.870 e. The van der Waals surface area contributed by atoms with E-state index in [1.165, 1.54) is 24.3 Å².